The van der Waals surface area contributed by atoms with Crippen LogP contribution in [0.3, 0.4) is 0 Å². The molecule has 1 aromatic rings. The molecule has 0 aromatic carbocycles. The van der Waals surface area contributed by atoms with Gasteiger partial charge in [0.15, 0.2) is 6.10 Å². The highest BCUT2D eigenvalue weighted by atomic mass is 16.6. The highest BCUT2D eigenvalue weighted by Crippen LogP contribution is 2.25. The lowest BCUT2D eigenvalue weighted by atomic mass is 10.3. The van der Waals surface area contributed by atoms with Crippen molar-refractivity contribution >= 4 is 17.8 Å². The standard InChI is InChI=1S/C12H14N4O5/c1-7-3-4-9(10(14-7)16(19)20)21-8(2)11(17)15-6-5-13-12(15)18/h3-4,8H,5-6H2,1-2H3,(H,13,18)/t8-/m1/s1. The molecule has 0 radical (unpaired) electrons. The fourth-order valence-electron chi connectivity index (χ4n) is 1.90. The van der Waals surface area contributed by atoms with Crippen molar-refractivity contribution in [1.82, 2.24) is 15.2 Å². The molecular weight excluding hydrogens is 280 g/mol. The normalized spacial score (nSPS) is 15.5. The van der Waals surface area contributed by atoms with E-state index < -0.39 is 28.8 Å². The second-order valence-corrected chi connectivity index (χ2v) is 4.51. The van der Waals surface area contributed by atoms with Gasteiger partial charge in [-0.25, -0.2) is 4.79 Å². The Morgan fingerprint density at radius 1 is 1.57 bits per heavy atom. The summed E-state index contributed by atoms with van der Waals surface area (Å²) in [6.45, 7) is 3.67. The van der Waals surface area contributed by atoms with Crippen LogP contribution in [0.1, 0.15) is 12.6 Å². The van der Waals surface area contributed by atoms with E-state index >= 15 is 0 Å². The zero-order valence-electron chi connectivity index (χ0n) is 11.5. The smallest absolute Gasteiger partial charge is 0.406 e. The Morgan fingerprint density at radius 2 is 2.29 bits per heavy atom. The topological polar surface area (TPSA) is 115 Å². The zero-order valence-corrected chi connectivity index (χ0v) is 11.5. The first-order valence-electron chi connectivity index (χ1n) is 6.28. The summed E-state index contributed by atoms with van der Waals surface area (Å²) in [6, 6.07) is 2.43. The van der Waals surface area contributed by atoms with E-state index in [9.17, 15) is 19.7 Å². The summed E-state index contributed by atoms with van der Waals surface area (Å²) in [7, 11) is 0. The first kappa shape index (κ1) is 14.7. The molecule has 9 heteroatoms. The molecule has 1 atom stereocenters. The molecule has 1 fully saturated rings. The second-order valence-electron chi connectivity index (χ2n) is 4.51. The summed E-state index contributed by atoms with van der Waals surface area (Å²) in [5.74, 6) is -1.12. The quantitative estimate of drug-likeness (QED) is 0.643. The van der Waals surface area contributed by atoms with Crippen LogP contribution < -0.4 is 10.1 Å². The van der Waals surface area contributed by atoms with Gasteiger partial charge in [-0.2, -0.15) is 0 Å². The molecule has 3 amide bonds. The lowest BCUT2D eigenvalue weighted by molar-refractivity contribution is -0.390. The van der Waals surface area contributed by atoms with Gasteiger partial charge in [0.2, 0.25) is 5.75 Å². The number of imide groups is 1. The van der Waals surface area contributed by atoms with Crippen molar-refractivity contribution in [2.45, 2.75) is 20.0 Å². The number of nitro groups is 1. The van der Waals surface area contributed by atoms with Gasteiger partial charge in [0.25, 0.3) is 5.91 Å². The predicted octanol–water partition coefficient (Wildman–Crippen LogP) is 0.617. The summed E-state index contributed by atoms with van der Waals surface area (Å²) >= 11 is 0. The summed E-state index contributed by atoms with van der Waals surface area (Å²) in [6.07, 6.45) is -1.03. The molecule has 2 heterocycles. The minimum atomic E-state index is -1.03. The van der Waals surface area contributed by atoms with E-state index in [0.717, 1.165) is 4.90 Å². The van der Waals surface area contributed by atoms with Crippen LogP contribution in [0, 0.1) is 17.0 Å². The Hall–Kier alpha value is -2.71. The number of nitrogens with zero attached hydrogens (tertiary/aromatic N) is 3. The van der Waals surface area contributed by atoms with Crippen molar-refractivity contribution in [3.05, 3.63) is 27.9 Å². The monoisotopic (exact) mass is 294 g/mol. The van der Waals surface area contributed by atoms with Crippen LogP contribution in [-0.2, 0) is 4.79 Å². The van der Waals surface area contributed by atoms with Gasteiger partial charge in [0.05, 0.1) is 0 Å². The number of amides is 3. The van der Waals surface area contributed by atoms with Crippen molar-refractivity contribution in [1.29, 1.82) is 0 Å². The Bertz CT molecular complexity index is 603. The summed E-state index contributed by atoms with van der Waals surface area (Å²) in [4.78, 5) is 38.5. The van der Waals surface area contributed by atoms with E-state index in [0.29, 0.717) is 12.2 Å². The highest BCUT2D eigenvalue weighted by Gasteiger charge is 2.32. The van der Waals surface area contributed by atoms with Crippen LogP contribution in [0.4, 0.5) is 10.6 Å². The van der Waals surface area contributed by atoms with E-state index in [1.807, 2.05) is 0 Å². The molecule has 2 rings (SSSR count). The van der Waals surface area contributed by atoms with Gasteiger partial charge in [-0.1, -0.05) is 0 Å². The number of hydrogen-bond acceptors (Lipinski definition) is 6. The number of rotatable bonds is 4. The maximum Gasteiger partial charge on any atom is 0.406 e. The van der Waals surface area contributed by atoms with Gasteiger partial charge in [0, 0.05) is 20.0 Å². The van der Waals surface area contributed by atoms with Gasteiger partial charge in [-0.15, -0.1) is 0 Å². The van der Waals surface area contributed by atoms with Gasteiger partial charge in [-0.3, -0.25) is 9.69 Å². The summed E-state index contributed by atoms with van der Waals surface area (Å²) in [5.41, 5.74) is 0.465. The van der Waals surface area contributed by atoms with E-state index in [1.165, 1.54) is 13.0 Å². The molecule has 112 valence electrons. The van der Waals surface area contributed by atoms with E-state index in [1.54, 1.807) is 13.0 Å². The highest BCUT2D eigenvalue weighted by molar-refractivity contribution is 5.97. The molecule has 0 unspecified atom stereocenters. The number of aryl methyl sites for hydroxylation is 1. The first-order chi connectivity index (χ1) is 9.90. The number of hydrogen-bond donors (Lipinski definition) is 1. The van der Waals surface area contributed by atoms with Crippen molar-refractivity contribution in [3.63, 3.8) is 0 Å². The van der Waals surface area contributed by atoms with Crippen LogP contribution in [0.25, 0.3) is 0 Å². The molecule has 21 heavy (non-hydrogen) atoms. The van der Waals surface area contributed by atoms with E-state index in [4.69, 9.17) is 4.74 Å². The molecule has 1 saturated heterocycles. The SMILES string of the molecule is Cc1ccc(O[C@H](C)C(=O)N2CCNC2=O)c([N+](=O)[O-])n1. The minimum Gasteiger partial charge on any atom is -0.473 e. The molecule has 1 aliphatic heterocycles. The number of ether oxygens (including phenoxy) is 1. The van der Waals surface area contributed by atoms with Crippen LogP contribution in [0.15, 0.2) is 12.1 Å². The van der Waals surface area contributed by atoms with E-state index in [-0.39, 0.29) is 12.3 Å². The zero-order chi connectivity index (χ0) is 15.6. The van der Waals surface area contributed by atoms with Crippen molar-refractivity contribution in [2.75, 3.05) is 13.1 Å². The molecule has 0 saturated carbocycles. The van der Waals surface area contributed by atoms with Crippen LogP contribution in [0.5, 0.6) is 5.75 Å². The second kappa shape index (κ2) is 5.73. The Morgan fingerprint density at radius 3 is 2.86 bits per heavy atom. The summed E-state index contributed by atoms with van der Waals surface area (Å²) in [5, 5.41) is 13.4. The fraction of sp³-hybridized carbons (Fsp3) is 0.417. The van der Waals surface area contributed by atoms with Crippen molar-refractivity contribution in [2.24, 2.45) is 0 Å². The lowest BCUT2D eigenvalue weighted by Gasteiger charge is -2.18. The number of carbonyl (C=O) groups is 2. The third kappa shape index (κ3) is 3.07. The first-order valence-corrected chi connectivity index (χ1v) is 6.28. The third-order valence-corrected chi connectivity index (χ3v) is 2.93. The maximum absolute atomic E-state index is 12.1. The average Bonchev–Trinajstić information content (AvgIpc) is 2.85. The van der Waals surface area contributed by atoms with E-state index in [2.05, 4.69) is 10.3 Å². The molecule has 0 bridgehead atoms. The lowest BCUT2D eigenvalue weighted by Crippen LogP contribution is -2.42. The number of urea groups is 1. The van der Waals surface area contributed by atoms with Crippen LogP contribution in [0.2, 0.25) is 0 Å². The average molecular weight is 294 g/mol. The Labute approximate surface area is 120 Å². The minimum absolute atomic E-state index is 0.106. The molecule has 0 aliphatic carbocycles. The van der Waals surface area contributed by atoms with Gasteiger partial charge >= 0.3 is 11.8 Å². The number of carbonyl (C=O) groups excluding carboxylic acids is 2. The largest absolute Gasteiger partial charge is 0.473 e. The molecule has 0 spiro atoms. The predicted molar refractivity (Wildman–Crippen MR) is 70.8 cm³/mol. The molecule has 1 N–H and O–H groups in total. The maximum atomic E-state index is 12.1. The molecule has 1 aliphatic rings. The van der Waals surface area contributed by atoms with Crippen LogP contribution in [-0.4, -0.2) is 45.9 Å². The number of nitrogens with one attached hydrogen (secondary N) is 1. The third-order valence-electron chi connectivity index (χ3n) is 2.93. The fourth-order valence-corrected chi connectivity index (χ4v) is 1.90. The molecule has 9 nitrogen and oxygen atoms in total. The van der Waals surface area contributed by atoms with Gasteiger partial charge < -0.3 is 20.2 Å². The van der Waals surface area contributed by atoms with Crippen molar-refractivity contribution in [3.8, 4) is 5.75 Å². The Balaban J connectivity index is 2.16. The van der Waals surface area contributed by atoms with Gasteiger partial charge in [0.1, 0.15) is 5.69 Å². The number of pyridine rings is 1. The van der Waals surface area contributed by atoms with Crippen molar-refractivity contribution < 1.29 is 19.2 Å². The Kier molecular flexibility index (Phi) is 4.01. The summed E-state index contributed by atoms with van der Waals surface area (Å²) < 4.78 is 5.31. The number of aromatic nitrogens is 1. The molecule has 1 aromatic heterocycles. The molecular formula is C12H14N4O5. The van der Waals surface area contributed by atoms with Crippen LogP contribution >= 0.6 is 0 Å². The van der Waals surface area contributed by atoms with Gasteiger partial charge in [-0.05, 0) is 29.0 Å².